The van der Waals surface area contributed by atoms with Gasteiger partial charge in [-0.1, -0.05) is 48.0 Å². The molecule has 142 valence electrons. The molecule has 2 aliphatic rings. The maximum Gasteiger partial charge on any atom is 0.161 e. The highest BCUT2D eigenvalue weighted by atomic mass is 35.5. The lowest BCUT2D eigenvalue weighted by Gasteiger charge is -2.25. The van der Waals surface area contributed by atoms with Crippen molar-refractivity contribution in [3.63, 3.8) is 0 Å². The number of halogens is 2. The number of nitrogens with zero attached hydrogens (tertiary/aromatic N) is 3. The van der Waals surface area contributed by atoms with E-state index in [4.69, 9.17) is 32.6 Å². The number of amidine groups is 1. The largest absolute Gasteiger partial charge is 0.459 e. The van der Waals surface area contributed by atoms with E-state index in [0.29, 0.717) is 15.3 Å². The van der Waals surface area contributed by atoms with E-state index in [1.165, 1.54) is 0 Å². The first-order valence-electron chi connectivity index (χ1n) is 9.07. The normalized spacial score (nSPS) is 23.8. The Kier molecular flexibility index (Phi) is 4.62. The predicted octanol–water partition coefficient (Wildman–Crippen LogP) is 6.24. The van der Waals surface area contributed by atoms with Crippen LogP contribution in [0.3, 0.4) is 0 Å². The fourth-order valence-corrected chi connectivity index (χ4v) is 5.13. The molecule has 2 aromatic heterocycles. The Bertz CT molecular complexity index is 1050. The van der Waals surface area contributed by atoms with Crippen molar-refractivity contribution < 1.29 is 4.42 Å². The molecule has 3 atom stereocenters. The quantitative estimate of drug-likeness (QED) is 0.494. The highest BCUT2D eigenvalue weighted by Gasteiger charge is 2.45. The summed E-state index contributed by atoms with van der Waals surface area (Å²) in [6, 6.07) is 15.4. The first-order chi connectivity index (χ1) is 13.6. The van der Waals surface area contributed by atoms with Gasteiger partial charge in [-0.2, -0.15) is 0 Å². The Morgan fingerprint density at radius 3 is 2.79 bits per heavy atom. The van der Waals surface area contributed by atoms with E-state index in [2.05, 4.69) is 16.8 Å². The fourth-order valence-electron chi connectivity index (χ4n) is 3.74. The van der Waals surface area contributed by atoms with Crippen molar-refractivity contribution in [2.24, 2.45) is 4.99 Å². The van der Waals surface area contributed by atoms with Gasteiger partial charge in [0, 0.05) is 23.6 Å². The zero-order valence-electron chi connectivity index (χ0n) is 15.0. The molecule has 1 aromatic carbocycles. The van der Waals surface area contributed by atoms with Crippen LogP contribution >= 0.6 is 35.0 Å². The lowest BCUT2D eigenvalue weighted by atomic mass is 10.0. The molecule has 1 fully saturated rings. The first-order valence-corrected chi connectivity index (χ1v) is 10.7. The van der Waals surface area contributed by atoms with E-state index < -0.39 is 0 Å². The van der Waals surface area contributed by atoms with E-state index in [-0.39, 0.29) is 12.1 Å². The van der Waals surface area contributed by atoms with Crippen molar-refractivity contribution in [3.05, 3.63) is 76.2 Å². The monoisotopic (exact) mass is 429 g/mol. The number of thioether (sulfide) groups is 1. The van der Waals surface area contributed by atoms with Gasteiger partial charge in [0.05, 0.1) is 15.7 Å². The number of rotatable bonds is 3. The van der Waals surface area contributed by atoms with Crippen molar-refractivity contribution in [2.75, 3.05) is 6.54 Å². The summed E-state index contributed by atoms with van der Waals surface area (Å²) in [7, 11) is 0. The lowest BCUT2D eigenvalue weighted by molar-refractivity contribution is 0.277. The number of pyridine rings is 1. The molecule has 0 N–H and O–H groups in total. The summed E-state index contributed by atoms with van der Waals surface area (Å²) in [6.07, 6.45) is 1.81. The molecule has 28 heavy (non-hydrogen) atoms. The van der Waals surface area contributed by atoms with Crippen LogP contribution in [0.4, 0.5) is 0 Å². The number of hydrogen-bond donors (Lipinski definition) is 0. The SMILES string of the molecule is C[C@H]1CN2C(=N[C@H](c3ccccn3)[C@@H]2c2ccc(-c3ccc(Cl)c(Cl)c3)o2)S1. The molecule has 0 unspecified atom stereocenters. The maximum atomic E-state index is 6.29. The summed E-state index contributed by atoms with van der Waals surface area (Å²) < 4.78 is 6.29. The molecule has 4 heterocycles. The molecule has 2 aliphatic heterocycles. The minimum atomic E-state index is -0.0796. The fraction of sp³-hybridized carbons (Fsp3) is 0.238. The molecule has 0 spiro atoms. The third kappa shape index (κ3) is 3.11. The molecule has 5 rings (SSSR count). The summed E-state index contributed by atoms with van der Waals surface area (Å²) >= 11 is 14.0. The summed E-state index contributed by atoms with van der Waals surface area (Å²) in [5.41, 5.74) is 1.86. The van der Waals surface area contributed by atoms with Crippen LogP contribution < -0.4 is 0 Å². The number of benzene rings is 1. The Hall–Kier alpha value is -1.95. The van der Waals surface area contributed by atoms with Gasteiger partial charge in [0.15, 0.2) is 5.17 Å². The van der Waals surface area contributed by atoms with Gasteiger partial charge in [-0.05, 0) is 42.5 Å². The summed E-state index contributed by atoms with van der Waals surface area (Å²) in [5, 5.41) is 2.63. The zero-order chi connectivity index (χ0) is 19.3. The van der Waals surface area contributed by atoms with Crippen LogP contribution in [-0.4, -0.2) is 26.8 Å². The van der Waals surface area contributed by atoms with Crippen LogP contribution in [0, 0.1) is 0 Å². The average molecular weight is 430 g/mol. The van der Waals surface area contributed by atoms with Gasteiger partial charge in [0.25, 0.3) is 0 Å². The van der Waals surface area contributed by atoms with Gasteiger partial charge in [-0.3, -0.25) is 4.98 Å². The van der Waals surface area contributed by atoms with Crippen LogP contribution in [0.15, 0.2) is 64.1 Å². The summed E-state index contributed by atoms with van der Waals surface area (Å²) in [6.45, 7) is 3.17. The lowest BCUT2D eigenvalue weighted by Crippen LogP contribution is -2.28. The summed E-state index contributed by atoms with van der Waals surface area (Å²) in [4.78, 5) is 11.9. The van der Waals surface area contributed by atoms with E-state index in [9.17, 15) is 0 Å². The zero-order valence-corrected chi connectivity index (χ0v) is 17.4. The highest BCUT2D eigenvalue weighted by Crippen LogP contribution is 2.48. The molecule has 1 saturated heterocycles. The Labute approximate surface area is 177 Å². The molecular weight excluding hydrogens is 413 g/mol. The second-order valence-corrected chi connectivity index (χ2v) is 9.19. The Morgan fingerprint density at radius 1 is 1.11 bits per heavy atom. The van der Waals surface area contributed by atoms with Crippen LogP contribution in [-0.2, 0) is 0 Å². The van der Waals surface area contributed by atoms with E-state index in [1.54, 1.807) is 6.07 Å². The number of hydrogen-bond acceptors (Lipinski definition) is 5. The molecule has 3 aromatic rings. The van der Waals surface area contributed by atoms with Gasteiger partial charge in [0.1, 0.15) is 23.6 Å². The van der Waals surface area contributed by atoms with Crippen molar-refractivity contribution in [3.8, 4) is 11.3 Å². The van der Waals surface area contributed by atoms with E-state index in [1.807, 2.05) is 60.4 Å². The van der Waals surface area contributed by atoms with Crippen LogP contribution in [0.2, 0.25) is 10.0 Å². The second kappa shape index (κ2) is 7.14. The number of furan rings is 1. The highest BCUT2D eigenvalue weighted by molar-refractivity contribution is 8.14. The molecular formula is C21H17Cl2N3OS. The minimum Gasteiger partial charge on any atom is -0.459 e. The molecule has 4 nitrogen and oxygen atoms in total. The van der Waals surface area contributed by atoms with E-state index >= 15 is 0 Å². The van der Waals surface area contributed by atoms with Crippen LogP contribution in [0.5, 0.6) is 0 Å². The van der Waals surface area contributed by atoms with Crippen LogP contribution in [0.25, 0.3) is 11.3 Å². The summed E-state index contributed by atoms with van der Waals surface area (Å²) in [5.74, 6) is 1.65. The second-order valence-electron chi connectivity index (χ2n) is 6.97. The molecule has 7 heteroatoms. The molecule has 0 radical (unpaired) electrons. The van der Waals surface area contributed by atoms with Crippen molar-refractivity contribution in [1.29, 1.82) is 0 Å². The van der Waals surface area contributed by atoms with Crippen LogP contribution in [0.1, 0.15) is 30.5 Å². The van der Waals surface area contributed by atoms with Crippen molar-refractivity contribution in [2.45, 2.75) is 24.3 Å². The topological polar surface area (TPSA) is 41.6 Å². The predicted molar refractivity (Wildman–Crippen MR) is 115 cm³/mol. The minimum absolute atomic E-state index is 0.00104. The third-order valence-electron chi connectivity index (χ3n) is 5.00. The third-order valence-corrected chi connectivity index (χ3v) is 6.84. The maximum absolute atomic E-state index is 6.29. The average Bonchev–Trinajstić information content (AvgIpc) is 3.38. The first kappa shape index (κ1) is 18.1. The van der Waals surface area contributed by atoms with Gasteiger partial charge < -0.3 is 9.32 Å². The van der Waals surface area contributed by atoms with Gasteiger partial charge >= 0.3 is 0 Å². The Balaban J connectivity index is 1.53. The van der Waals surface area contributed by atoms with E-state index in [0.717, 1.165) is 34.5 Å². The molecule has 0 bridgehead atoms. The molecule has 0 saturated carbocycles. The Morgan fingerprint density at radius 2 is 2.00 bits per heavy atom. The van der Waals surface area contributed by atoms with Gasteiger partial charge in [-0.25, -0.2) is 4.99 Å². The molecule has 0 amide bonds. The molecule has 0 aliphatic carbocycles. The van der Waals surface area contributed by atoms with Gasteiger partial charge in [-0.15, -0.1) is 0 Å². The number of aliphatic imine (C=N–C) groups is 1. The van der Waals surface area contributed by atoms with Crippen molar-refractivity contribution >= 4 is 40.1 Å². The smallest absolute Gasteiger partial charge is 0.161 e. The number of aromatic nitrogens is 1. The standard InChI is InChI=1S/C21H17Cl2N3OS/c1-12-11-26-20(19(25-21(26)28-12)16-4-2-3-9-24-16)18-8-7-17(27-18)13-5-6-14(22)15(23)10-13/h2-10,12,19-20H,11H2,1H3/t12-,19+,20-/m0/s1. The van der Waals surface area contributed by atoms with Crippen molar-refractivity contribution in [1.82, 2.24) is 9.88 Å². The number of fused-ring (bicyclic) bond motifs is 1. The van der Waals surface area contributed by atoms with Gasteiger partial charge in [0.2, 0.25) is 0 Å².